The van der Waals surface area contributed by atoms with E-state index in [9.17, 15) is 15.0 Å². The first-order valence-electron chi connectivity index (χ1n) is 14.7. The van der Waals surface area contributed by atoms with E-state index in [4.69, 9.17) is 0 Å². The highest BCUT2D eigenvalue weighted by molar-refractivity contribution is 5.92. The van der Waals surface area contributed by atoms with Gasteiger partial charge in [-0.25, -0.2) is 0 Å². The molecule has 0 radical (unpaired) electrons. The van der Waals surface area contributed by atoms with Crippen molar-refractivity contribution in [1.29, 1.82) is 0 Å². The van der Waals surface area contributed by atoms with Crippen LogP contribution in [0.5, 0.6) is 0 Å². The lowest BCUT2D eigenvalue weighted by Crippen LogP contribution is -2.58. The van der Waals surface area contributed by atoms with Crippen LogP contribution < -0.4 is 0 Å². The molecule has 1 heterocycles. The van der Waals surface area contributed by atoms with Crippen molar-refractivity contribution >= 4 is 16.8 Å². The Hall–Kier alpha value is -1.65. The Balaban J connectivity index is 1.17. The van der Waals surface area contributed by atoms with Gasteiger partial charge in [0.15, 0.2) is 0 Å². The van der Waals surface area contributed by atoms with E-state index in [1.54, 1.807) is 0 Å². The molecule has 0 spiro atoms. The molecule has 1 aromatic heterocycles. The summed E-state index contributed by atoms with van der Waals surface area (Å²) in [6, 6.07) is 10.1. The van der Waals surface area contributed by atoms with Crippen LogP contribution in [-0.4, -0.2) is 32.9 Å². The van der Waals surface area contributed by atoms with Crippen LogP contribution in [0.4, 0.5) is 0 Å². The van der Waals surface area contributed by atoms with Crippen molar-refractivity contribution in [3.8, 4) is 0 Å². The number of hydrogen-bond donors (Lipinski definition) is 2. The van der Waals surface area contributed by atoms with Gasteiger partial charge in [-0.2, -0.15) is 0 Å². The van der Waals surface area contributed by atoms with E-state index in [1.807, 2.05) is 35.0 Å². The molecule has 4 saturated carbocycles. The summed E-state index contributed by atoms with van der Waals surface area (Å²) in [5.74, 6) is 3.59. The third kappa shape index (κ3) is 3.65. The normalized spacial score (nSPS) is 43.0. The molecule has 10 atom stereocenters. The number of aliphatic hydroxyl groups is 2. The molecule has 0 bridgehead atoms. The highest BCUT2D eigenvalue weighted by atomic mass is 16.3. The summed E-state index contributed by atoms with van der Waals surface area (Å²) in [7, 11) is 0. The minimum Gasteiger partial charge on any atom is -0.393 e. The van der Waals surface area contributed by atoms with E-state index in [2.05, 4.69) is 26.8 Å². The first kappa shape index (κ1) is 24.7. The van der Waals surface area contributed by atoms with E-state index in [1.165, 1.54) is 25.7 Å². The summed E-state index contributed by atoms with van der Waals surface area (Å²) >= 11 is 0. The third-order valence-corrected chi connectivity index (χ3v) is 12.2. The molecule has 0 unspecified atom stereocenters. The number of nitrogens with zero attached hydrogens (tertiary/aromatic N) is 1. The van der Waals surface area contributed by atoms with Crippen LogP contribution >= 0.6 is 0 Å². The van der Waals surface area contributed by atoms with Crippen molar-refractivity contribution in [1.82, 2.24) is 4.57 Å². The highest BCUT2D eigenvalue weighted by Gasteiger charge is 2.63. The van der Waals surface area contributed by atoms with E-state index in [-0.39, 0.29) is 28.9 Å². The lowest BCUT2D eigenvalue weighted by atomic mass is 9.43. The summed E-state index contributed by atoms with van der Waals surface area (Å²) in [4.78, 5) is 13.1. The summed E-state index contributed by atoms with van der Waals surface area (Å²) in [6.07, 6.45) is 11.8. The van der Waals surface area contributed by atoms with Crippen molar-refractivity contribution < 1.29 is 15.0 Å². The van der Waals surface area contributed by atoms with E-state index in [0.29, 0.717) is 41.9 Å². The molecular weight excluding hydrogens is 446 g/mol. The number of carbonyl (C=O) groups is 1. The molecule has 4 heteroatoms. The third-order valence-electron chi connectivity index (χ3n) is 12.2. The summed E-state index contributed by atoms with van der Waals surface area (Å²) in [6.45, 7) is 7.22. The Morgan fingerprint density at radius 1 is 1.03 bits per heavy atom. The van der Waals surface area contributed by atoms with Gasteiger partial charge in [0.25, 0.3) is 0 Å². The largest absolute Gasteiger partial charge is 0.393 e. The average molecular weight is 492 g/mol. The van der Waals surface area contributed by atoms with E-state index >= 15 is 0 Å². The second-order valence-electron chi connectivity index (χ2n) is 13.5. The molecule has 0 aliphatic heterocycles. The fourth-order valence-corrected chi connectivity index (χ4v) is 10.1. The monoisotopic (exact) mass is 491 g/mol. The molecule has 1 aromatic carbocycles. The van der Waals surface area contributed by atoms with Gasteiger partial charge < -0.3 is 10.2 Å². The predicted octanol–water partition coefficient (Wildman–Crippen LogP) is 6.69. The van der Waals surface area contributed by atoms with Crippen molar-refractivity contribution in [2.45, 2.75) is 97.2 Å². The highest BCUT2D eigenvalue weighted by Crippen LogP contribution is 2.68. The van der Waals surface area contributed by atoms with Gasteiger partial charge >= 0.3 is 0 Å². The number of rotatable bonds is 4. The van der Waals surface area contributed by atoms with Gasteiger partial charge in [-0.15, -0.1) is 0 Å². The number of carbonyl (C=O) groups excluding carboxylic acids is 1. The quantitative estimate of drug-likeness (QED) is 0.501. The molecular formula is C32H45NO3. The summed E-state index contributed by atoms with van der Waals surface area (Å²) < 4.78 is 1.82. The number of para-hydroxylation sites is 1. The van der Waals surface area contributed by atoms with E-state index in [0.717, 1.165) is 43.0 Å². The average Bonchev–Trinajstić information content (AvgIpc) is 3.46. The maximum atomic E-state index is 13.1. The molecule has 196 valence electrons. The Bertz CT molecular complexity index is 1120. The Morgan fingerprint density at radius 3 is 2.67 bits per heavy atom. The van der Waals surface area contributed by atoms with Crippen LogP contribution in [0.1, 0.15) is 89.8 Å². The van der Waals surface area contributed by atoms with Crippen LogP contribution in [0.2, 0.25) is 0 Å². The van der Waals surface area contributed by atoms with Crippen LogP contribution in [-0.2, 0) is 0 Å². The van der Waals surface area contributed by atoms with Crippen molar-refractivity contribution in [3.63, 3.8) is 0 Å². The topological polar surface area (TPSA) is 62.5 Å². The Morgan fingerprint density at radius 2 is 1.83 bits per heavy atom. The molecule has 2 N–H and O–H groups in total. The second kappa shape index (κ2) is 8.98. The minimum atomic E-state index is -0.259. The first-order valence-corrected chi connectivity index (χ1v) is 14.7. The van der Waals surface area contributed by atoms with E-state index < -0.39 is 0 Å². The van der Waals surface area contributed by atoms with Gasteiger partial charge in [-0.1, -0.05) is 39.0 Å². The molecule has 4 aliphatic rings. The van der Waals surface area contributed by atoms with Crippen molar-refractivity contribution in [2.24, 2.45) is 46.3 Å². The fraction of sp³-hybridized carbons (Fsp3) is 0.719. The van der Waals surface area contributed by atoms with Gasteiger partial charge in [-0.05, 0) is 116 Å². The SMILES string of the molecule is C[C@H](CCC(=O)n1ccc2ccccc21)[C@H]1CC[C@H]2[C@@H]3CC[C@@H]4C[C@H](O)CC[C@]4(C)[C@H]3C[C@H](O)[C@]12C. The Kier molecular flexibility index (Phi) is 6.15. The molecule has 36 heavy (non-hydrogen) atoms. The van der Waals surface area contributed by atoms with Crippen LogP contribution in [0.15, 0.2) is 36.5 Å². The molecule has 0 amide bonds. The molecule has 4 fully saturated rings. The minimum absolute atomic E-state index is 0.0405. The molecule has 2 aromatic rings. The van der Waals surface area contributed by atoms with Gasteiger partial charge in [0.2, 0.25) is 5.91 Å². The number of aliphatic hydroxyl groups excluding tert-OH is 2. The maximum absolute atomic E-state index is 13.1. The number of benzene rings is 1. The maximum Gasteiger partial charge on any atom is 0.231 e. The molecule has 0 saturated heterocycles. The zero-order valence-corrected chi connectivity index (χ0v) is 22.4. The zero-order valence-electron chi connectivity index (χ0n) is 22.4. The molecule has 6 rings (SSSR count). The van der Waals surface area contributed by atoms with Crippen LogP contribution in [0.25, 0.3) is 10.9 Å². The van der Waals surface area contributed by atoms with Gasteiger partial charge in [0, 0.05) is 18.0 Å². The molecule has 4 nitrogen and oxygen atoms in total. The lowest BCUT2D eigenvalue weighted by Gasteiger charge is -2.62. The molecule has 4 aliphatic carbocycles. The summed E-state index contributed by atoms with van der Waals surface area (Å²) in [5, 5.41) is 23.2. The number of hydrogen-bond acceptors (Lipinski definition) is 3. The predicted molar refractivity (Wildman–Crippen MR) is 144 cm³/mol. The zero-order chi connectivity index (χ0) is 25.2. The van der Waals surface area contributed by atoms with Crippen molar-refractivity contribution in [3.05, 3.63) is 36.5 Å². The Labute approximate surface area is 216 Å². The van der Waals surface area contributed by atoms with Crippen molar-refractivity contribution in [2.75, 3.05) is 0 Å². The number of fused-ring (bicyclic) bond motifs is 6. The standard InChI is InChI=1S/C32H45NO3/c1-20(8-13-30(36)33-17-15-21-6-4-5-7-28(21)33)25-11-12-26-24-10-9-22-18-23(34)14-16-31(22,2)27(24)19-29(35)32(25,26)3/h4-7,15,17,20,22-27,29,34-35H,8-14,16,18-19H2,1-3H3/t20-,22-,23-,24+,25-,26+,27+,29+,31+,32-/m1/s1. The van der Waals surface area contributed by atoms with Crippen LogP contribution in [0, 0.1) is 46.3 Å². The second-order valence-corrected chi connectivity index (χ2v) is 13.5. The first-order chi connectivity index (χ1) is 17.2. The lowest BCUT2D eigenvalue weighted by molar-refractivity contribution is -0.174. The smallest absolute Gasteiger partial charge is 0.231 e. The van der Waals surface area contributed by atoms with Gasteiger partial charge in [0.1, 0.15) is 0 Å². The summed E-state index contributed by atoms with van der Waals surface area (Å²) in [5.41, 5.74) is 1.23. The van der Waals surface area contributed by atoms with Crippen LogP contribution in [0.3, 0.4) is 0 Å². The number of aromatic nitrogens is 1. The van der Waals surface area contributed by atoms with Gasteiger partial charge in [-0.3, -0.25) is 9.36 Å². The van der Waals surface area contributed by atoms with Gasteiger partial charge in [0.05, 0.1) is 17.7 Å². The fourth-order valence-electron chi connectivity index (χ4n) is 10.1.